The summed E-state index contributed by atoms with van der Waals surface area (Å²) in [5.74, 6) is 0. The fraction of sp³-hybridized carbons (Fsp3) is 0.421. The standard InChI is InChI=1S/C19H23N3O/c1-4-19(2,3)11-16-10-18(22-23-16)15-7-8-17(21-13-15)14-6-5-9-20-12-14/h5-9,12-13,16H,4,10-11H2,1-3H3/t16-/m1/s1. The van der Waals surface area contributed by atoms with Gasteiger partial charge in [-0.3, -0.25) is 9.97 Å². The molecule has 0 spiro atoms. The monoisotopic (exact) mass is 309 g/mol. The van der Waals surface area contributed by atoms with Gasteiger partial charge >= 0.3 is 0 Å². The summed E-state index contributed by atoms with van der Waals surface area (Å²) < 4.78 is 0. The number of rotatable bonds is 5. The molecule has 4 heteroatoms. The van der Waals surface area contributed by atoms with Gasteiger partial charge in [0.25, 0.3) is 0 Å². The summed E-state index contributed by atoms with van der Waals surface area (Å²) >= 11 is 0. The highest BCUT2D eigenvalue weighted by Crippen LogP contribution is 2.31. The molecule has 23 heavy (non-hydrogen) atoms. The number of aromatic nitrogens is 2. The van der Waals surface area contributed by atoms with E-state index < -0.39 is 0 Å². The van der Waals surface area contributed by atoms with E-state index in [0.29, 0.717) is 0 Å². The minimum Gasteiger partial charge on any atom is -0.392 e. The van der Waals surface area contributed by atoms with Crippen molar-refractivity contribution >= 4 is 5.71 Å². The van der Waals surface area contributed by atoms with Crippen LogP contribution in [0.4, 0.5) is 0 Å². The van der Waals surface area contributed by atoms with E-state index >= 15 is 0 Å². The lowest BCUT2D eigenvalue weighted by Gasteiger charge is -2.24. The highest BCUT2D eigenvalue weighted by molar-refractivity contribution is 6.01. The van der Waals surface area contributed by atoms with E-state index in [1.807, 2.05) is 30.6 Å². The summed E-state index contributed by atoms with van der Waals surface area (Å²) in [5, 5.41) is 4.27. The van der Waals surface area contributed by atoms with E-state index in [9.17, 15) is 0 Å². The Bertz CT molecular complexity index is 678. The summed E-state index contributed by atoms with van der Waals surface area (Å²) in [4.78, 5) is 14.3. The molecule has 3 heterocycles. The highest BCUT2D eigenvalue weighted by Gasteiger charge is 2.28. The molecule has 1 atom stereocenters. The van der Waals surface area contributed by atoms with Crippen LogP contribution in [0.3, 0.4) is 0 Å². The van der Waals surface area contributed by atoms with Gasteiger partial charge in [0.15, 0.2) is 0 Å². The van der Waals surface area contributed by atoms with Crippen LogP contribution in [0.25, 0.3) is 11.3 Å². The Balaban J connectivity index is 1.67. The quantitative estimate of drug-likeness (QED) is 0.819. The highest BCUT2D eigenvalue weighted by atomic mass is 16.6. The summed E-state index contributed by atoms with van der Waals surface area (Å²) in [5.41, 5.74) is 4.26. The Morgan fingerprint density at radius 3 is 2.70 bits per heavy atom. The topological polar surface area (TPSA) is 47.4 Å². The molecule has 0 saturated heterocycles. The average molecular weight is 309 g/mol. The summed E-state index contributed by atoms with van der Waals surface area (Å²) in [6, 6.07) is 8.00. The fourth-order valence-electron chi connectivity index (χ4n) is 2.72. The molecule has 120 valence electrons. The Kier molecular flexibility index (Phi) is 4.42. The van der Waals surface area contributed by atoms with E-state index in [2.05, 4.69) is 42.0 Å². The molecule has 0 N–H and O–H groups in total. The van der Waals surface area contributed by atoms with Crippen molar-refractivity contribution in [2.24, 2.45) is 10.6 Å². The van der Waals surface area contributed by atoms with E-state index in [0.717, 1.165) is 41.8 Å². The lowest BCUT2D eigenvalue weighted by molar-refractivity contribution is 0.0490. The molecule has 1 aliphatic rings. The van der Waals surface area contributed by atoms with Crippen LogP contribution in [-0.2, 0) is 4.84 Å². The maximum absolute atomic E-state index is 5.62. The molecule has 0 amide bonds. The molecule has 0 aliphatic carbocycles. The van der Waals surface area contributed by atoms with E-state index in [1.165, 1.54) is 0 Å². The van der Waals surface area contributed by atoms with Gasteiger partial charge in [-0.25, -0.2) is 0 Å². The van der Waals surface area contributed by atoms with Gasteiger partial charge in [0.05, 0.1) is 11.4 Å². The first-order valence-corrected chi connectivity index (χ1v) is 8.17. The third-order valence-electron chi connectivity index (χ3n) is 4.52. The molecule has 2 aromatic rings. The lowest BCUT2D eigenvalue weighted by atomic mass is 9.83. The largest absolute Gasteiger partial charge is 0.392 e. The molecule has 0 unspecified atom stereocenters. The number of oxime groups is 1. The molecule has 0 fully saturated rings. The van der Waals surface area contributed by atoms with Gasteiger partial charge in [-0.15, -0.1) is 0 Å². The van der Waals surface area contributed by atoms with E-state index in [-0.39, 0.29) is 11.5 Å². The number of pyridine rings is 2. The molecule has 1 aliphatic heterocycles. The van der Waals surface area contributed by atoms with Gasteiger partial charge in [0.1, 0.15) is 6.10 Å². The Morgan fingerprint density at radius 1 is 1.17 bits per heavy atom. The fourth-order valence-corrected chi connectivity index (χ4v) is 2.72. The van der Waals surface area contributed by atoms with Crippen LogP contribution in [0.2, 0.25) is 0 Å². The van der Waals surface area contributed by atoms with Gasteiger partial charge in [-0.05, 0) is 36.1 Å². The molecule has 0 aromatic carbocycles. The van der Waals surface area contributed by atoms with Gasteiger partial charge in [0, 0.05) is 36.1 Å². The second-order valence-electron chi connectivity index (χ2n) is 6.87. The van der Waals surface area contributed by atoms with Gasteiger partial charge in [-0.1, -0.05) is 32.3 Å². The number of hydrogen-bond donors (Lipinski definition) is 0. The van der Waals surface area contributed by atoms with Crippen LogP contribution in [0.15, 0.2) is 48.0 Å². The third kappa shape index (κ3) is 3.76. The van der Waals surface area contributed by atoms with Crippen molar-refractivity contribution in [1.82, 2.24) is 9.97 Å². The van der Waals surface area contributed by atoms with Gasteiger partial charge in [0.2, 0.25) is 0 Å². The van der Waals surface area contributed by atoms with E-state index in [4.69, 9.17) is 4.84 Å². The Hall–Kier alpha value is -2.23. The predicted octanol–water partition coefficient (Wildman–Crippen LogP) is 4.46. The van der Waals surface area contributed by atoms with Gasteiger partial charge in [-0.2, -0.15) is 0 Å². The second-order valence-corrected chi connectivity index (χ2v) is 6.87. The minimum absolute atomic E-state index is 0.179. The van der Waals surface area contributed by atoms with Crippen molar-refractivity contribution < 1.29 is 4.84 Å². The third-order valence-corrected chi connectivity index (χ3v) is 4.52. The van der Waals surface area contributed by atoms with E-state index in [1.54, 1.807) is 6.20 Å². The van der Waals surface area contributed by atoms with Crippen molar-refractivity contribution in [3.8, 4) is 11.3 Å². The van der Waals surface area contributed by atoms with Crippen molar-refractivity contribution in [3.63, 3.8) is 0 Å². The minimum atomic E-state index is 0.179. The zero-order chi connectivity index (χ0) is 16.3. The Morgan fingerprint density at radius 2 is 2.04 bits per heavy atom. The summed E-state index contributed by atoms with van der Waals surface area (Å²) in [6.45, 7) is 6.77. The van der Waals surface area contributed by atoms with Crippen LogP contribution in [0, 0.1) is 5.41 Å². The lowest BCUT2D eigenvalue weighted by Crippen LogP contribution is -2.20. The molecule has 0 saturated carbocycles. The smallest absolute Gasteiger partial charge is 0.133 e. The molecule has 2 aromatic heterocycles. The van der Waals surface area contributed by atoms with Crippen LogP contribution in [0.1, 0.15) is 45.6 Å². The maximum Gasteiger partial charge on any atom is 0.133 e. The Labute approximate surface area is 137 Å². The van der Waals surface area contributed by atoms with Crippen LogP contribution < -0.4 is 0 Å². The average Bonchev–Trinajstić information content (AvgIpc) is 3.03. The summed E-state index contributed by atoms with van der Waals surface area (Å²) in [6.07, 6.45) is 8.66. The first-order chi connectivity index (χ1) is 11.1. The predicted molar refractivity (Wildman–Crippen MR) is 92.2 cm³/mol. The second kappa shape index (κ2) is 6.49. The SMILES string of the molecule is CCC(C)(C)C[C@H]1CC(c2ccc(-c3cccnc3)nc2)=NO1. The molecular weight excluding hydrogens is 286 g/mol. The van der Waals surface area contributed by atoms with Crippen molar-refractivity contribution in [2.75, 3.05) is 0 Å². The molecule has 0 bridgehead atoms. The summed E-state index contributed by atoms with van der Waals surface area (Å²) in [7, 11) is 0. The van der Waals surface area contributed by atoms with Crippen molar-refractivity contribution in [2.45, 2.75) is 46.1 Å². The normalized spacial score (nSPS) is 17.7. The first kappa shape index (κ1) is 15.7. The van der Waals surface area contributed by atoms with Gasteiger partial charge < -0.3 is 4.84 Å². The van der Waals surface area contributed by atoms with Crippen molar-refractivity contribution in [3.05, 3.63) is 48.4 Å². The zero-order valence-corrected chi connectivity index (χ0v) is 14.0. The number of nitrogens with zero attached hydrogens (tertiary/aromatic N) is 3. The molecule has 4 nitrogen and oxygen atoms in total. The first-order valence-electron chi connectivity index (χ1n) is 8.17. The maximum atomic E-state index is 5.62. The molecule has 3 rings (SSSR count). The number of hydrogen-bond acceptors (Lipinski definition) is 4. The molecule has 0 radical (unpaired) electrons. The van der Waals surface area contributed by atoms with Crippen LogP contribution >= 0.6 is 0 Å². The zero-order valence-electron chi connectivity index (χ0n) is 14.0. The van der Waals surface area contributed by atoms with Crippen LogP contribution in [0.5, 0.6) is 0 Å². The van der Waals surface area contributed by atoms with Crippen molar-refractivity contribution in [1.29, 1.82) is 0 Å². The van der Waals surface area contributed by atoms with Crippen LogP contribution in [-0.4, -0.2) is 21.8 Å². The molecular formula is C19H23N3O.